The number of hydrogen-bond acceptors (Lipinski definition) is 4. The second kappa shape index (κ2) is 6.76. The van der Waals surface area contributed by atoms with Crippen LogP contribution in [0.15, 0.2) is 12.1 Å². The Labute approximate surface area is 128 Å². The number of carboxylic acid groups (broad SMARTS) is 1. The first-order valence-corrected chi connectivity index (χ1v) is 6.80. The zero-order chi connectivity index (χ0) is 16.2. The van der Waals surface area contributed by atoms with Crippen LogP contribution in [0.25, 0.3) is 0 Å². The first-order chi connectivity index (χ1) is 9.56. The Hall–Kier alpha value is -1.82. The molecule has 2 N–H and O–H groups in total. The molecule has 1 rings (SSSR count). The van der Waals surface area contributed by atoms with Crippen LogP contribution in [-0.2, 0) is 9.53 Å². The highest BCUT2D eigenvalue weighted by Gasteiger charge is 2.23. The maximum absolute atomic E-state index is 11.8. The van der Waals surface area contributed by atoms with Crippen LogP contribution < -0.4 is 5.32 Å². The standard InChI is InChI=1S/C14H19ClN2O4/c1-8-5-9(6-11(15)16-8)10(7-12(18)19)17-13(20)21-14(2,3)4/h5-6,10H,7H2,1-4H3,(H,17,20)(H,18,19)/t10-/m1/s1. The quantitative estimate of drug-likeness (QED) is 0.834. The Morgan fingerprint density at radius 1 is 1.43 bits per heavy atom. The highest BCUT2D eigenvalue weighted by atomic mass is 35.5. The number of aromatic nitrogens is 1. The number of carbonyl (C=O) groups excluding carboxylic acids is 1. The van der Waals surface area contributed by atoms with Gasteiger partial charge in [-0.3, -0.25) is 4.79 Å². The van der Waals surface area contributed by atoms with E-state index in [1.54, 1.807) is 33.8 Å². The van der Waals surface area contributed by atoms with E-state index in [4.69, 9.17) is 21.4 Å². The summed E-state index contributed by atoms with van der Waals surface area (Å²) in [5.74, 6) is -1.04. The third-order valence-electron chi connectivity index (χ3n) is 2.42. The molecule has 0 aliphatic rings. The SMILES string of the molecule is Cc1cc([C@@H](CC(=O)O)NC(=O)OC(C)(C)C)cc(Cl)n1. The number of rotatable bonds is 4. The van der Waals surface area contributed by atoms with Crippen LogP contribution in [0.2, 0.25) is 5.15 Å². The first kappa shape index (κ1) is 17.2. The summed E-state index contributed by atoms with van der Waals surface area (Å²) in [7, 11) is 0. The second-order valence-electron chi connectivity index (χ2n) is 5.66. The fraction of sp³-hybridized carbons (Fsp3) is 0.500. The van der Waals surface area contributed by atoms with Crippen molar-refractivity contribution in [3.05, 3.63) is 28.5 Å². The Balaban J connectivity index is 2.95. The Bertz CT molecular complexity index is 520. The van der Waals surface area contributed by atoms with E-state index in [0.29, 0.717) is 11.3 Å². The van der Waals surface area contributed by atoms with Crippen molar-refractivity contribution in [2.75, 3.05) is 0 Å². The highest BCUT2D eigenvalue weighted by Crippen LogP contribution is 2.21. The summed E-state index contributed by atoms with van der Waals surface area (Å²) in [5.41, 5.74) is 0.545. The van der Waals surface area contributed by atoms with E-state index < -0.39 is 23.7 Å². The predicted molar refractivity (Wildman–Crippen MR) is 78.3 cm³/mol. The molecule has 1 aromatic heterocycles. The van der Waals surface area contributed by atoms with Crippen molar-refractivity contribution in [3.8, 4) is 0 Å². The van der Waals surface area contributed by atoms with Crippen molar-refractivity contribution in [3.63, 3.8) is 0 Å². The Morgan fingerprint density at radius 2 is 2.05 bits per heavy atom. The van der Waals surface area contributed by atoms with Gasteiger partial charge in [0.05, 0.1) is 12.5 Å². The second-order valence-corrected chi connectivity index (χ2v) is 6.05. The number of halogens is 1. The van der Waals surface area contributed by atoms with Gasteiger partial charge in [-0.05, 0) is 45.4 Å². The number of amides is 1. The molecule has 6 nitrogen and oxygen atoms in total. The van der Waals surface area contributed by atoms with Gasteiger partial charge in [0.1, 0.15) is 10.8 Å². The maximum Gasteiger partial charge on any atom is 0.408 e. The molecule has 21 heavy (non-hydrogen) atoms. The van der Waals surface area contributed by atoms with Crippen LogP contribution in [0.3, 0.4) is 0 Å². The zero-order valence-corrected chi connectivity index (χ0v) is 13.2. The van der Waals surface area contributed by atoms with Crippen molar-refractivity contribution in [2.45, 2.75) is 45.8 Å². The number of carbonyl (C=O) groups is 2. The molecule has 1 amide bonds. The van der Waals surface area contributed by atoms with Gasteiger partial charge in [0.25, 0.3) is 0 Å². The molecule has 0 aliphatic carbocycles. The molecule has 0 aromatic carbocycles. The van der Waals surface area contributed by atoms with Gasteiger partial charge in [-0.25, -0.2) is 9.78 Å². The van der Waals surface area contributed by atoms with Gasteiger partial charge in [0, 0.05) is 5.69 Å². The number of nitrogens with zero attached hydrogens (tertiary/aromatic N) is 1. The molecule has 116 valence electrons. The molecule has 0 radical (unpaired) electrons. The topological polar surface area (TPSA) is 88.5 Å². The molecule has 0 spiro atoms. The average Bonchev–Trinajstić information content (AvgIpc) is 2.23. The minimum atomic E-state index is -1.04. The molecule has 1 atom stereocenters. The lowest BCUT2D eigenvalue weighted by Crippen LogP contribution is -2.35. The van der Waals surface area contributed by atoms with Gasteiger partial charge < -0.3 is 15.2 Å². The van der Waals surface area contributed by atoms with Crippen molar-refractivity contribution in [1.82, 2.24) is 10.3 Å². The summed E-state index contributed by atoms with van der Waals surface area (Å²) in [4.78, 5) is 26.8. The van der Waals surface area contributed by atoms with Gasteiger partial charge >= 0.3 is 12.1 Å². The van der Waals surface area contributed by atoms with Crippen LogP contribution in [0.5, 0.6) is 0 Å². The van der Waals surface area contributed by atoms with Crippen molar-refractivity contribution >= 4 is 23.7 Å². The summed E-state index contributed by atoms with van der Waals surface area (Å²) in [6, 6.07) is 2.47. The van der Waals surface area contributed by atoms with Gasteiger partial charge in [-0.2, -0.15) is 0 Å². The first-order valence-electron chi connectivity index (χ1n) is 6.42. The zero-order valence-electron chi connectivity index (χ0n) is 12.4. The van der Waals surface area contributed by atoms with Crippen molar-refractivity contribution < 1.29 is 19.4 Å². The van der Waals surface area contributed by atoms with Crippen LogP contribution in [0.4, 0.5) is 4.79 Å². The summed E-state index contributed by atoms with van der Waals surface area (Å²) in [5, 5.41) is 11.8. The molecular formula is C14H19ClN2O4. The summed E-state index contributed by atoms with van der Waals surface area (Å²) >= 11 is 5.87. The van der Waals surface area contributed by atoms with Crippen LogP contribution >= 0.6 is 11.6 Å². The van der Waals surface area contributed by atoms with Crippen LogP contribution in [0, 0.1) is 6.92 Å². The molecule has 0 saturated heterocycles. The van der Waals surface area contributed by atoms with Crippen LogP contribution in [0.1, 0.15) is 44.5 Å². The molecular weight excluding hydrogens is 296 g/mol. The number of alkyl carbamates (subject to hydrolysis) is 1. The lowest BCUT2D eigenvalue weighted by Gasteiger charge is -2.23. The minimum Gasteiger partial charge on any atom is -0.481 e. The van der Waals surface area contributed by atoms with Crippen molar-refractivity contribution in [1.29, 1.82) is 0 Å². The third kappa shape index (κ3) is 6.44. The molecule has 1 aromatic rings. The largest absolute Gasteiger partial charge is 0.481 e. The van der Waals surface area contributed by atoms with Gasteiger partial charge in [-0.1, -0.05) is 11.6 Å². The van der Waals surface area contributed by atoms with Gasteiger partial charge in [0.15, 0.2) is 0 Å². The average molecular weight is 315 g/mol. The molecule has 7 heteroatoms. The molecule has 0 unspecified atom stereocenters. The van der Waals surface area contributed by atoms with E-state index in [9.17, 15) is 9.59 Å². The summed E-state index contributed by atoms with van der Waals surface area (Å²) in [6.45, 7) is 6.92. The maximum atomic E-state index is 11.8. The number of carboxylic acids is 1. The Morgan fingerprint density at radius 3 is 2.52 bits per heavy atom. The number of pyridine rings is 1. The lowest BCUT2D eigenvalue weighted by molar-refractivity contribution is -0.137. The summed E-state index contributed by atoms with van der Waals surface area (Å²) < 4.78 is 5.14. The number of ether oxygens (including phenoxy) is 1. The van der Waals surface area contributed by atoms with E-state index in [2.05, 4.69) is 10.3 Å². The predicted octanol–water partition coefficient (Wildman–Crippen LogP) is 3.08. The monoisotopic (exact) mass is 314 g/mol. The molecule has 0 aliphatic heterocycles. The highest BCUT2D eigenvalue weighted by molar-refractivity contribution is 6.29. The van der Waals surface area contributed by atoms with E-state index >= 15 is 0 Å². The third-order valence-corrected chi connectivity index (χ3v) is 2.61. The number of nitrogens with one attached hydrogen (secondary N) is 1. The molecule has 1 heterocycles. The van der Waals surface area contributed by atoms with Crippen molar-refractivity contribution in [2.24, 2.45) is 0 Å². The van der Waals surface area contributed by atoms with E-state index in [0.717, 1.165) is 0 Å². The van der Waals surface area contributed by atoms with Gasteiger partial charge in [0.2, 0.25) is 0 Å². The fourth-order valence-corrected chi connectivity index (χ4v) is 1.99. The number of aryl methyl sites for hydroxylation is 1. The molecule has 0 saturated carbocycles. The lowest BCUT2D eigenvalue weighted by atomic mass is 10.0. The molecule has 0 fully saturated rings. The smallest absolute Gasteiger partial charge is 0.408 e. The number of hydrogen-bond donors (Lipinski definition) is 2. The molecule has 0 bridgehead atoms. The van der Waals surface area contributed by atoms with Gasteiger partial charge in [-0.15, -0.1) is 0 Å². The number of aliphatic carboxylic acids is 1. The summed E-state index contributed by atoms with van der Waals surface area (Å²) in [6.07, 6.45) is -0.960. The van der Waals surface area contributed by atoms with Crippen LogP contribution in [-0.4, -0.2) is 27.8 Å². The van der Waals surface area contributed by atoms with E-state index in [-0.39, 0.29) is 11.6 Å². The van der Waals surface area contributed by atoms with E-state index in [1.807, 2.05) is 0 Å². The Kier molecular flexibility index (Phi) is 5.54. The minimum absolute atomic E-state index is 0.242. The fourth-order valence-electron chi connectivity index (χ4n) is 1.73. The normalized spacial score (nSPS) is 12.6. The van der Waals surface area contributed by atoms with E-state index in [1.165, 1.54) is 6.07 Å².